The van der Waals surface area contributed by atoms with Gasteiger partial charge >= 0.3 is 0 Å². The normalized spacial score (nSPS) is 20.3. The van der Waals surface area contributed by atoms with Gasteiger partial charge < -0.3 is 20.2 Å². The Labute approximate surface area is 188 Å². The Kier molecular flexibility index (Phi) is 5.52. The topological polar surface area (TPSA) is 89.8 Å². The van der Waals surface area contributed by atoms with Crippen LogP contribution in [0.25, 0.3) is 10.9 Å². The van der Waals surface area contributed by atoms with Crippen LogP contribution < -0.4 is 5.32 Å². The van der Waals surface area contributed by atoms with Gasteiger partial charge in [0.05, 0.1) is 30.4 Å². The highest BCUT2D eigenvalue weighted by atomic mass is 79.9. The molecule has 1 fully saturated rings. The number of piperazine rings is 1. The van der Waals surface area contributed by atoms with Crippen molar-refractivity contribution in [1.82, 2.24) is 9.88 Å². The third-order valence-corrected chi connectivity index (χ3v) is 6.30. The zero-order valence-corrected chi connectivity index (χ0v) is 18.9. The molecule has 1 aromatic heterocycles. The van der Waals surface area contributed by atoms with Crippen LogP contribution in [0.2, 0.25) is 0 Å². The van der Waals surface area contributed by atoms with Gasteiger partial charge in [-0.1, -0.05) is 39.3 Å². The minimum absolute atomic E-state index is 0.0749. The van der Waals surface area contributed by atoms with Gasteiger partial charge in [0.25, 0.3) is 0 Å². The molecule has 0 bridgehead atoms. The minimum Gasteiger partial charge on any atom is -0.494 e. The van der Waals surface area contributed by atoms with Crippen molar-refractivity contribution in [2.75, 3.05) is 32.8 Å². The van der Waals surface area contributed by atoms with Crippen molar-refractivity contribution in [3.8, 4) is 5.88 Å². The van der Waals surface area contributed by atoms with E-state index < -0.39 is 0 Å². The first-order valence-electron chi connectivity index (χ1n) is 10.5. The summed E-state index contributed by atoms with van der Waals surface area (Å²) in [5.41, 5.74) is 4.46. The van der Waals surface area contributed by atoms with Crippen LogP contribution >= 0.6 is 15.9 Å². The smallest absolute Gasteiger partial charge is 0.199 e. The second-order valence-corrected chi connectivity index (χ2v) is 9.01. The first-order valence-corrected chi connectivity index (χ1v) is 11.3. The fraction of sp³-hybridized carbons (Fsp3) is 0.304. The largest absolute Gasteiger partial charge is 0.494 e. The van der Waals surface area contributed by atoms with E-state index in [0.29, 0.717) is 29.6 Å². The van der Waals surface area contributed by atoms with Crippen LogP contribution in [0.5, 0.6) is 5.88 Å². The van der Waals surface area contributed by atoms with E-state index in [0.717, 1.165) is 52.8 Å². The number of aliphatic imine (C=N–C) groups is 1. The van der Waals surface area contributed by atoms with Gasteiger partial charge in [-0.25, -0.2) is 4.99 Å². The monoisotopic (exact) mass is 482 g/mol. The Hall–Kier alpha value is -2.68. The second-order valence-electron chi connectivity index (χ2n) is 8.09. The highest BCUT2D eigenvalue weighted by Crippen LogP contribution is 2.36. The van der Waals surface area contributed by atoms with E-state index in [9.17, 15) is 5.11 Å². The Morgan fingerprint density at radius 1 is 1.32 bits per heavy atom. The summed E-state index contributed by atoms with van der Waals surface area (Å²) in [4.78, 5) is 16.0. The number of halogens is 1. The number of fused-ring (bicyclic) bond motifs is 2. The number of hydrogen-bond donors (Lipinski definition) is 3. The lowest BCUT2D eigenvalue weighted by molar-refractivity contribution is -0.694. The van der Waals surface area contributed by atoms with Crippen molar-refractivity contribution in [3.05, 3.63) is 58.1 Å². The maximum atomic E-state index is 10.7. The molecule has 2 aliphatic rings. The molecule has 0 spiro atoms. The number of nitrogens with two attached hydrogens (primary N) is 1. The maximum Gasteiger partial charge on any atom is 0.199 e. The van der Waals surface area contributed by atoms with Gasteiger partial charge in [-0.05, 0) is 31.2 Å². The summed E-state index contributed by atoms with van der Waals surface area (Å²) in [6, 6.07) is 14.3. The minimum atomic E-state index is 0.0749. The predicted octanol–water partition coefficient (Wildman–Crippen LogP) is 2.76. The van der Waals surface area contributed by atoms with Crippen LogP contribution in [0.1, 0.15) is 18.1 Å². The SMILES string of the molecule is CC1CN(CCON=C2C(c3c(O)[nH]c4ccc(Br)cc34)=Nc3ccccc32)CC[NH2+]1. The van der Waals surface area contributed by atoms with E-state index in [4.69, 9.17) is 9.83 Å². The van der Waals surface area contributed by atoms with Crippen molar-refractivity contribution < 1.29 is 15.3 Å². The zero-order chi connectivity index (χ0) is 21.4. The van der Waals surface area contributed by atoms with E-state index in [1.165, 1.54) is 0 Å². The molecule has 8 heteroatoms. The lowest BCUT2D eigenvalue weighted by atomic mass is 10.0. The fourth-order valence-corrected chi connectivity index (χ4v) is 4.69. The van der Waals surface area contributed by atoms with Crippen LogP contribution in [-0.2, 0) is 4.84 Å². The lowest BCUT2D eigenvalue weighted by Crippen LogP contribution is -2.94. The van der Waals surface area contributed by atoms with E-state index >= 15 is 0 Å². The molecule has 4 N–H and O–H groups in total. The average Bonchev–Trinajstić information content (AvgIpc) is 3.27. The Bertz CT molecular complexity index is 1190. The molecule has 0 saturated carbocycles. The number of para-hydroxylation sites is 1. The average molecular weight is 483 g/mol. The van der Waals surface area contributed by atoms with Crippen molar-refractivity contribution in [1.29, 1.82) is 0 Å². The molecule has 0 aliphatic carbocycles. The summed E-state index contributed by atoms with van der Waals surface area (Å²) < 4.78 is 0.930. The number of aromatic amines is 1. The number of benzene rings is 2. The summed E-state index contributed by atoms with van der Waals surface area (Å²) in [7, 11) is 0. The predicted molar refractivity (Wildman–Crippen MR) is 125 cm³/mol. The first kappa shape index (κ1) is 20.2. The van der Waals surface area contributed by atoms with E-state index in [1.54, 1.807) is 0 Å². The van der Waals surface area contributed by atoms with E-state index in [1.807, 2.05) is 42.5 Å². The van der Waals surface area contributed by atoms with Gasteiger partial charge in [-0.3, -0.25) is 4.90 Å². The van der Waals surface area contributed by atoms with E-state index in [-0.39, 0.29) is 5.88 Å². The molecule has 2 aliphatic heterocycles. The molecule has 7 nitrogen and oxygen atoms in total. The summed E-state index contributed by atoms with van der Waals surface area (Å²) in [6.45, 7) is 6.85. The third-order valence-electron chi connectivity index (χ3n) is 5.81. The fourth-order valence-electron chi connectivity index (χ4n) is 4.33. The Morgan fingerprint density at radius 3 is 3.06 bits per heavy atom. The van der Waals surface area contributed by atoms with Gasteiger partial charge in [0.2, 0.25) is 0 Å². The molecule has 160 valence electrons. The number of nitrogens with one attached hydrogen (secondary N) is 1. The van der Waals surface area contributed by atoms with Gasteiger partial charge in [0.1, 0.15) is 18.0 Å². The molecule has 5 rings (SSSR count). The first-order chi connectivity index (χ1) is 15.1. The van der Waals surface area contributed by atoms with Crippen molar-refractivity contribution >= 4 is 43.9 Å². The standard InChI is InChI=1S/C23H24BrN5O2/c1-14-13-29(9-8-25-14)10-11-31-28-21-16-4-2-3-5-18(16)26-22(21)20-17-12-15(24)6-7-19(17)27-23(20)30/h2-7,12,14,25,27,30H,8-11,13H2,1H3/p+1. The number of aromatic hydroxyl groups is 1. The number of H-pyrrole nitrogens is 1. The van der Waals surface area contributed by atoms with Crippen molar-refractivity contribution in [2.24, 2.45) is 10.1 Å². The maximum absolute atomic E-state index is 10.7. The molecule has 31 heavy (non-hydrogen) atoms. The van der Waals surface area contributed by atoms with Crippen LogP contribution in [0.4, 0.5) is 5.69 Å². The van der Waals surface area contributed by atoms with E-state index in [2.05, 4.69) is 43.2 Å². The zero-order valence-electron chi connectivity index (χ0n) is 17.3. The highest BCUT2D eigenvalue weighted by Gasteiger charge is 2.29. The van der Waals surface area contributed by atoms with Crippen LogP contribution in [0.15, 0.2) is 57.1 Å². The molecule has 0 radical (unpaired) electrons. The van der Waals surface area contributed by atoms with Crippen LogP contribution in [0.3, 0.4) is 0 Å². The molecule has 1 saturated heterocycles. The number of quaternary nitrogens is 1. The molecule has 3 aromatic rings. The highest BCUT2D eigenvalue weighted by molar-refractivity contribution is 9.10. The molecule has 2 aromatic carbocycles. The lowest BCUT2D eigenvalue weighted by Gasteiger charge is -2.28. The third kappa shape index (κ3) is 3.98. The molecule has 1 unspecified atom stereocenters. The summed E-state index contributed by atoms with van der Waals surface area (Å²) in [5, 5.41) is 18.4. The molecule has 3 heterocycles. The second kappa shape index (κ2) is 8.45. The molecular formula is C23H25BrN5O2+. The summed E-state index contributed by atoms with van der Waals surface area (Å²) >= 11 is 3.52. The van der Waals surface area contributed by atoms with Gasteiger partial charge in [-0.15, -0.1) is 0 Å². The van der Waals surface area contributed by atoms with Gasteiger partial charge in [0.15, 0.2) is 5.88 Å². The molecule has 0 amide bonds. The van der Waals surface area contributed by atoms with Gasteiger partial charge in [-0.2, -0.15) is 0 Å². The number of oxime groups is 1. The van der Waals surface area contributed by atoms with Crippen molar-refractivity contribution in [2.45, 2.75) is 13.0 Å². The Balaban J connectivity index is 1.44. The number of hydrogen-bond acceptors (Lipinski definition) is 5. The quantitative estimate of drug-likeness (QED) is 0.385. The Morgan fingerprint density at radius 2 is 2.19 bits per heavy atom. The molecule has 1 atom stereocenters. The number of rotatable bonds is 5. The van der Waals surface area contributed by atoms with Crippen molar-refractivity contribution in [3.63, 3.8) is 0 Å². The van der Waals surface area contributed by atoms with Crippen LogP contribution in [0, 0.1) is 0 Å². The van der Waals surface area contributed by atoms with Gasteiger partial charge in [0, 0.05) is 34.0 Å². The number of nitrogens with zero attached hydrogens (tertiary/aromatic N) is 3. The number of aromatic nitrogens is 1. The summed E-state index contributed by atoms with van der Waals surface area (Å²) in [5.74, 6) is 0.0749. The van der Waals surface area contributed by atoms with Crippen LogP contribution in [-0.4, -0.2) is 65.2 Å². The summed E-state index contributed by atoms with van der Waals surface area (Å²) in [6.07, 6.45) is 0. The molecular weight excluding hydrogens is 458 g/mol.